The molecule has 0 N–H and O–H groups in total. The van der Waals surface area contributed by atoms with Crippen molar-refractivity contribution in [2.45, 2.75) is 99.3 Å². The second-order valence-electron chi connectivity index (χ2n) is 12.8. The molecule has 1 aromatic heterocycles. The van der Waals surface area contributed by atoms with Crippen LogP contribution < -0.4 is 11.2 Å². The molecule has 8 heteroatoms. The molecule has 45 heavy (non-hydrogen) atoms. The van der Waals surface area contributed by atoms with Crippen LogP contribution in [0.3, 0.4) is 0 Å². The number of rotatable bonds is 20. The smallest absolute Gasteiger partial charge is 0.320 e. The van der Waals surface area contributed by atoms with Crippen LogP contribution in [0.15, 0.2) is 73.1 Å². The Hall–Kier alpha value is -2.00. The van der Waals surface area contributed by atoms with Gasteiger partial charge in [-0.3, -0.25) is 13.9 Å². The first-order chi connectivity index (χ1) is 21.6. The number of aromatic nitrogens is 2. The largest absolute Gasteiger partial charge is 0.331 e. The molecule has 0 amide bonds. The molecule has 3 rings (SSSR count). The van der Waals surface area contributed by atoms with E-state index in [4.69, 9.17) is 0 Å². The lowest BCUT2D eigenvalue weighted by atomic mass is 10.1. The normalized spacial score (nSPS) is 12.2. The molecule has 0 fully saturated rings. The molecule has 0 saturated heterocycles. The second kappa shape index (κ2) is 18.4. The Morgan fingerprint density at radius 2 is 1.04 bits per heavy atom. The molecule has 248 valence electrons. The minimum absolute atomic E-state index is 0.149. The van der Waals surface area contributed by atoms with Crippen molar-refractivity contribution in [2.75, 3.05) is 39.3 Å². The van der Waals surface area contributed by atoms with E-state index < -0.39 is 0 Å². The van der Waals surface area contributed by atoms with Crippen molar-refractivity contribution in [3.8, 4) is 0 Å². The standard InChI is InChI=1S/C37H56Br2N4O2/c1-6-42(7-2,29-32-18-16-20-34(38)27-32)24-14-10-12-22-40-31(5)26-36(44)41(37(40)45)23-13-11-15-25-43(8-3,9-4)30-33-19-17-21-35(39)28-33/h16-21,26-28H,6-15,22-25,29-30H2,1-5H3/q+2. The van der Waals surface area contributed by atoms with E-state index in [1.807, 2.05) is 11.5 Å². The Labute approximate surface area is 288 Å². The topological polar surface area (TPSA) is 44.0 Å². The Bertz CT molecular complexity index is 1460. The van der Waals surface area contributed by atoms with E-state index in [1.54, 1.807) is 6.07 Å². The molecule has 0 spiro atoms. The lowest BCUT2D eigenvalue weighted by molar-refractivity contribution is -0.938. The second-order valence-corrected chi connectivity index (χ2v) is 14.6. The predicted molar refractivity (Wildman–Crippen MR) is 196 cm³/mol. The van der Waals surface area contributed by atoms with Gasteiger partial charge in [0.1, 0.15) is 13.1 Å². The molecule has 0 aliphatic carbocycles. The van der Waals surface area contributed by atoms with Crippen LogP contribution >= 0.6 is 31.9 Å². The van der Waals surface area contributed by atoms with Gasteiger partial charge in [-0.25, -0.2) is 4.79 Å². The minimum atomic E-state index is -0.170. The fourth-order valence-corrected chi connectivity index (χ4v) is 7.61. The third-order valence-corrected chi connectivity index (χ3v) is 11.0. The number of quaternary nitrogens is 2. The van der Waals surface area contributed by atoms with Crippen molar-refractivity contribution in [3.63, 3.8) is 0 Å². The highest BCUT2D eigenvalue weighted by Crippen LogP contribution is 2.21. The molecule has 2 aromatic carbocycles. The summed E-state index contributed by atoms with van der Waals surface area (Å²) >= 11 is 7.23. The number of unbranched alkanes of at least 4 members (excludes halogenated alkanes) is 4. The summed E-state index contributed by atoms with van der Waals surface area (Å²) in [5, 5.41) is 0. The van der Waals surface area contributed by atoms with Crippen molar-refractivity contribution in [1.82, 2.24) is 9.13 Å². The van der Waals surface area contributed by atoms with E-state index in [2.05, 4.69) is 108 Å². The van der Waals surface area contributed by atoms with Crippen molar-refractivity contribution in [2.24, 2.45) is 0 Å². The molecule has 0 radical (unpaired) electrons. The number of hydrogen-bond acceptors (Lipinski definition) is 2. The van der Waals surface area contributed by atoms with Crippen LogP contribution in [0.4, 0.5) is 0 Å². The summed E-state index contributed by atoms with van der Waals surface area (Å²) in [6.07, 6.45) is 6.07. The predicted octanol–water partition coefficient (Wildman–Crippen LogP) is 8.30. The lowest BCUT2D eigenvalue weighted by Gasteiger charge is -2.37. The summed E-state index contributed by atoms with van der Waals surface area (Å²) in [4.78, 5) is 26.2. The fourth-order valence-electron chi connectivity index (χ4n) is 6.72. The molecule has 0 aliphatic rings. The van der Waals surface area contributed by atoms with Crippen LogP contribution in [0.25, 0.3) is 0 Å². The number of hydrogen-bond donors (Lipinski definition) is 0. The van der Waals surface area contributed by atoms with Gasteiger partial charge in [0.15, 0.2) is 0 Å². The maximum atomic E-state index is 13.4. The maximum absolute atomic E-state index is 13.4. The van der Waals surface area contributed by atoms with Crippen molar-refractivity contribution >= 4 is 31.9 Å². The third kappa shape index (κ3) is 11.0. The van der Waals surface area contributed by atoms with Gasteiger partial charge < -0.3 is 8.97 Å². The fraction of sp³-hybridized carbons (Fsp3) is 0.568. The Balaban J connectivity index is 1.51. The highest BCUT2D eigenvalue weighted by atomic mass is 79.9. The van der Waals surface area contributed by atoms with Crippen LogP contribution in [0.5, 0.6) is 0 Å². The first kappa shape index (κ1) is 37.5. The zero-order chi connectivity index (χ0) is 32.9. The zero-order valence-electron chi connectivity index (χ0n) is 28.4. The molecule has 0 unspecified atom stereocenters. The first-order valence-electron chi connectivity index (χ1n) is 17.1. The van der Waals surface area contributed by atoms with Crippen LogP contribution in [-0.4, -0.2) is 57.4 Å². The first-order valence-corrected chi connectivity index (χ1v) is 18.7. The molecule has 0 aliphatic heterocycles. The van der Waals surface area contributed by atoms with E-state index in [-0.39, 0.29) is 11.2 Å². The summed E-state index contributed by atoms with van der Waals surface area (Å²) in [5.41, 5.74) is 3.17. The van der Waals surface area contributed by atoms with Crippen LogP contribution in [0.1, 0.15) is 83.0 Å². The summed E-state index contributed by atoms with van der Waals surface area (Å²) in [6, 6.07) is 18.9. The summed E-state index contributed by atoms with van der Waals surface area (Å²) in [5.74, 6) is 0. The van der Waals surface area contributed by atoms with Crippen LogP contribution in [0, 0.1) is 6.92 Å². The highest BCUT2D eigenvalue weighted by Gasteiger charge is 2.24. The average molecular weight is 749 g/mol. The van der Waals surface area contributed by atoms with Gasteiger partial charge in [0, 0.05) is 44.9 Å². The number of nitrogens with zero attached hydrogens (tertiary/aromatic N) is 4. The molecular weight excluding hydrogens is 692 g/mol. The summed E-state index contributed by atoms with van der Waals surface area (Å²) in [6.45, 7) is 20.9. The van der Waals surface area contributed by atoms with Crippen LogP contribution in [0.2, 0.25) is 0 Å². The molecule has 1 heterocycles. The van der Waals surface area contributed by atoms with Crippen molar-refractivity contribution in [3.05, 3.63) is 101 Å². The van der Waals surface area contributed by atoms with Crippen molar-refractivity contribution < 1.29 is 8.97 Å². The van der Waals surface area contributed by atoms with E-state index in [1.165, 1.54) is 15.7 Å². The number of benzene rings is 2. The van der Waals surface area contributed by atoms with E-state index in [9.17, 15) is 9.59 Å². The van der Waals surface area contributed by atoms with Gasteiger partial charge in [-0.1, -0.05) is 56.1 Å². The highest BCUT2D eigenvalue weighted by molar-refractivity contribution is 9.10. The summed E-state index contributed by atoms with van der Waals surface area (Å²) in [7, 11) is 0. The number of halogens is 2. The van der Waals surface area contributed by atoms with E-state index in [0.717, 1.165) is 114 Å². The van der Waals surface area contributed by atoms with Crippen molar-refractivity contribution in [1.29, 1.82) is 0 Å². The van der Waals surface area contributed by atoms with Gasteiger partial charge in [-0.2, -0.15) is 0 Å². The third-order valence-electron chi connectivity index (χ3n) is 10.0. The maximum Gasteiger partial charge on any atom is 0.331 e. The van der Waals surface area contributed by atoms with E-state index in [0.29, 0.717) is 13.1 Å². The van der Waals surface area contributed by atoms with Crippen LogP contribution in [-0.2, 0) is 26.2 Å². The van der Waals surface area contributed by atoms with Gasteiger partial charge in [0.05, 0.1) is 39.3 Å². The Kier molecular flexibility index (Phi) is 15.3. The number of aryl methyl sites for hydroxylation is 1. The average Bonchev–Trinajstić information content (AvgIpc) is 3.02. The molecule has 0 saturated carbocycles. The quantitative estimate of drug-likeness (QED) is 0.0863. The van der Waals surface area contributed by atoms with Gasteiger partial charge in [-0.15, -0.1) is 0 Å². The molecule has 6 nitrogen and oxygen atoms in total. The molecule has 0 atom stereocenters. The van der Waals surface area contributed by atoms with E-state index >= 15 is 0 Å². The monoisotopic (exact) mass is 746 g/mol. The minimum Gasteiger partial charge on any atom is -0.320 e. The zero-order valence-corrected chi connectivity index (χ0v) is 31.5. The lowest BCUT2D eigenvalue weighted by Crippen LogP contribution is -2.47. The molecule has 0 bridgehead atoms. The van der Waals surface area contributed by atoms with Gasteiger partial charge in [0.25, 0.3) is 5.56 Å². The summed E-state index contributed by atoms with van der Waals surface area (Å²) < 4.78 is 7.66. The molecular formula is C37H56Br2N4O2+2. The molecule has 3 aromatic rings. The van der Waals surface area contributed by atoms with Gasteiger partial charge >= 0.3 is 5.69 Å². The Morgan fingerprint density at radius 3 is 1.47 bits per heavy atom. The van der Waals surface area contributed by atoms with Gasteiger partial charge in [-0.05, 0) is 97.4 Å². The SMILES string of the molecule is CC[N+](CC)(CCCCCn1c(C)cc(=O)n(CCCCC[N+](CC)(CC)Cc2cccc(Br)c2)c1=O)Cc1cccc(Br)c1. The Morgan fingerprint density at radius 1 is 0.600 bits per heavy atom. The van der Waals surface area contributed by atoms with Gasteiger partial charge in [0.2, 0.25) is 0 Å².